The average molecular weight is 509 g/mol. The molecule has 0 amide bonds. The standard InChI is InChI=1S/C28H45O6P/c1-6-32-35(31,33-7-2)17-14-26(30)25-11-10-23-22-9-8-20-18-21(34-19(3)29)12-15-27(20,4)24(22)13-16-28(23,25)5/h8,21-25H,6-7,9-18H2,1-5H3/t21-,22+,23+,24+,25-,27+,28+/m1/s1. The number of carbonyl (C=O) groups is 2. The maximum Gasteiger partial charge on any atom is 0.331 e. The second kappa shape index (κ2) is 10.4. The van der Waals surface area contributed by atoms with Gasteiger partial charge in [-0.25, -0.2) is 0 Å². The Bertz CT molecular complexity index is 888. The number of hydrogen-bond acceptors (Lipinski definition) is 6. The summed E-state index contributed by atoms with van der Waals surface area (Å²) in [6, 6.07) is 0. The maximum atomic E-state index is 13.5. The van der Waals surface area contributed by atoms with Crippen molar-refractivity contribution >= 4 is 19.3 Å². The summed E-state index contributed by atoms with van der Waals surface area (Å²) in [5, 5.41) is 0. The van der Waals surface area contributed by atoms with Crippen molar-refractivity contribution in [3.8, 4) is 0 Å². The number of esters is 1. The highest BCUT2D eigenvalue weighted by Crippen LogP contribution is 2.66. The molecule has 4 aliphatic carbocycles. The van der Waals surface area contributed by atoms with Gasteiger partial charge in [-0.1, -0.05) is 25.5 Å². The van der Waals surface area contributed by atoms with Crippen LogP contribution in [0.1, 0.15) is 92.4 Å². The van der Waals surface area contributed by atoms with Crippen LogP contribution in [0, 0.1) is 34.5 Å². The summed E-state index contributed by atoms with van der Waals surface area (Å²) in [4.78, 5) is 24.9. The Hall–Kier alpha value is -0.970. The third kappa shape index (κ3) is 5.09. The largest absolute Gasteiger partial charge is 0.462 e. The van der Waals surface area contributed by atoms with Crippen molar-refractivity contribution < 1.29 is 27.9 Å². The van der Waals surface area contributed by atoms with E-state index in [-0.39, 0.29) is 47.2 Å². The highest BCUT2D eigenvalue weighted by Gasteiger charge is 2.59. The molecule has 7 atom stereocenters. The number of rotatable bonds is 9. The van der Waals surface area contributed by atoms with Crippen molar-refractivity contribution in [1.82, 2.24) is 0 Å². The van der Waals surface area contributed by atoms with Crippen LogP contribution in [0.3, 0.4) is 0 Å². The zero-order valence-electron chi connectivity index (χ0n) is 22.3. The zero-order chi connectivity index (χ0) is 25.4. The lowest BCUT2D eigenvalue weighted by molar-refractivity contribution is -0.149. The summed E-state index contributed by atoms with van der Waals surface area (Å²) in [6.45, 7) is 10.6. The van der Waals surface area contributed by atoms with Crippen molar-refractivity contribution in [2.24, 2.45) is 34.5 Å². The van der Waals surface area contributed by atoms with Crippen LogP contribution in [-0.4, -0.2) is 37.2 Å². The van der Waals surface area contributed by atoms with Crippen LogP contribution in [0.15, 0.2) is 11.6 Å². The first-order chi connectivity index (χ1) is 16.6. The first kappa shape index (κ1) is 27.1. The molecule has 0 aromatic carbocycles. The minimum Gasteiger partial charge on any atom is -0.462 e. The number of ether oxygens (including phenoxy) is 1. The highest BCUT2D eigenvalue weighted by molar-refractivity contribution is 7.53. The molecule has 0 aliphatic heterocycles. The minimum atomic E-state index is -3.20. The molecular formula is C28H45O6P. The van der Waals surface area contributed by atoms with Crippen LogP contribution >= 0.6 is 7.60 Å². The van der Waals surface area contributed by atoms with E-state index in [1.54, 1.807) is 0 Å². The van der Waals surface area contributed by atoms with Gasteiger partial charge < -0.3 is 13.8 Å². The topological polar surface area (TPSA) is 78.9 Å². The number of ketones is 1. The molecule has 4 aliphatic rings. The summed E-state index contributed by atoms with van der Waals surface area (Å²) in [6.07, 6.45) is 11.2. The molecule has 0 aromatic rings. The first-order valence-electron chi connectivity index (χ1n) is 13.8. The average Bonchev–Trinajstić information content (AvgIpc) is 3.15. The molecule has 7 heteroatoms. The molecule has 0 spiro atoms. The Labute approximate surface area is 211 Å². The van der Waals surface area contributed by atoms with Crippen molar-refractivity contribution in [1.29, 1.82) is 0 Å². The van der Waals surface area contributed by atoms with Gasteiger partial charge in [0.1, 0.15) is 11.9 Å². The molecule has 0 heterocycles. The highest BCUT2D eigenvalue weighted by atomic mass is 31.2. The molecule has 0 aromatic heterocycles. The van der Waals surface area contributed by atoms with Crippen molar-refractivity contribution in [3.63, 3.8) is 0 Å². The molecule has 198 valence electrons. The maximum absolute atomic E-state index is 13.5. The number of hydrogen-bond donors (Lipinski definition) is 0. The van der Waals surface area contributed by atoms with Gasteiger partial charge in [0.05, 0.1) is 19.4 Å². The Morgan fingerprint density at radius 3 is 2.40 bits per heavy atom. The lowest BCUT2D eigenvalue weighted by Gasteiger charge is -2.58. The molecule has 0 N–H and O–H groups in total. The van der Waals surface area contributed by atoms with Crippen LogP contribution in [0.5, 0.6) is 0 Å². The van der Waals surface area contributed by atoms with Crippen molar-refractivity contribution in [2.45, 2.75) is 98.5 Å². The van der Waals surface area contributed by atoms with Gasteiger partial charge in [-0.2, -0.15) is 0 Å². The van der Waals surface area contributed by atoms with Gasteiger partial charge >= 0.3 is 13.6 Å². The molecular weight excluding hydrogens is 463 g/mol. The predicted octanol–water partition coefficient (Wildman–Crippen LogP) is 6.72. The van der Waals surface area contributed by atoms with E-state index in [9.17, 15) is 14.2 Å². The van der Waals surface area contributed by atoms with Crippen LogP contribution in [-0.2, 0) is 27.9 Å². The fourth-order valence-electron chi connectivity index (χ4n) is 8.47. The number of allylic oxidation sites excluding steroid dienone is 1. The molecule has 4 rings (SSSR count). The van der Waals surface area contributed by atoms with Gasteiger partial charge in [-0.15, -0.1) is 0 Å². The van der Waals surface area contributed by atoms with E-state index in [1.807, 2.05) is 13.8 Å². The van der Waals surface area contributed by atoms with E-state index in [1.165, 1.54) is 12.5 Å². The first-order valence-corrected chi connectivity index (χ1v) is 15.6. The van der Waals surface area contributed by atoms with E-state index in [2.05, 4.69) is 19.9 Å². The summed E-state index contributed by atoms with van der Waals surface area (Å²) in [5.74, 6) is 1.92. The van der Waals surface area contributed by atoms with Gasteiger partial charge in [0.2, 0.25) is 0 Å². The summed E-state index contributed by atoms with van der Waals surface area (Å²) >= 11 is 0. The van der Waals surface area contributed by atoms with E-state index in [4.69, 9.17) is 13.8 Å². The summed E-state index contributed by atoms with van der Waals surface area (Å²) in [7, 11) is -3.20. The van der Waals surface area contributed by atoms with Gasteiger partial charge in [-0.05, 0) is 87.4 Å². The molecule has 0 unspecified atom stereocenters. The van der Waals surface area contributed by atoms with Crippen LogP contribution in [0.2, 0.25) is 0 Å². The quantitative estimate of drug-likeness (QED) is 0.195. The van der Waals surface area contributed by atoms with E-state index in [0.717, 1.165) is 51.4 Å². The van der Waals surface area contributed by atoms with E-state index < -0.39 is 7.60 Å². The number of carbonyl (C=O) groups excluding carboxylic acids is 2. The third-order valence-electron chi connectivity index (χ3n) is 10.1. The molecule has 0 radical (unpaired) electrons. The van der Waals surface area contributed by atoms with Gasteiger partial charge in [-0.3, -0.25) is 14.2 Å². The number of fused-ring (bicyclic) bond motifs is 5. The summed E-state index contributed by atoms with van der Waals surface area (Å²) in [5.41, 5.74) is 1.70. The van der Waals surface area contributed by atoms with Gasteiger partial charge in [0.25, 0.3) is 0 Å². The van der Waals surface area contributed by atoms with Crippen LogP contribution < -0.4 is 0 Å². The van der Waals surface area contributed by atoms with Gasteiger partial charge in [0.15, 0.2) is 0 Å². The minimum absolute atomic E-state index is 0.0232. The normalized spacial score (nSPS) is 38.7. The Balaban J connectivity index is 1.45. The second-order valence-corrected chi connectivity index (χ2v) is 14.0. The predicted molar refractivity (Wildman–Crippen MR) is 136 cm³/mol. The Morgan fingerprint density at radius 2 is 1.74 bits per heavy atom. The van der Waals surface area contributed by atoms with Gasteiger partial charge in [0, 0.05) is 25.7 Å². The summed E-state index contributed by atoms with van der Waals surface area (Å²) < 4.78 is 29.3. The Kier molecular flexibility index (Phi) is 8.06. The van der Waals surface area contributed by atoms with Crippen LogP contribution in [0.4, 0.5) is 0 Å². The molecule has 3 saturated carbocycles. The van der Waals surface area contributed by atoms with Crippen molar-refractivity contribution in [3.05, 3.63) is 11.6 Å². The second-order valence-electron chi connectivity index (χ2n) is 11.8. The SMILES string of the molecule is CCOP(=O)(CCC(=O)[C@H]1CC[C@H]2[C@@H]3CC=C4C[C@H](OC(C)=O)CC[C@]4(C)[C@H]3CC[C@]12C)OCC. The fraction of sp³-hybridized carbons (Fsp3) is 0.857. The zero-order valence-corrected chi connectivity index (χ0v) is 23.2. The van der Waals surface area contributed by atoms with E-state index in [0.29, 0.717) is 31.0 Å². The monoisotopic (exact) mass is 508 g/mol. The molecule has 35 heavy (non-hydrogen) atoms. The lowest BCUT2D eigenvalue weighted by atomic mass is 9.47. The molecule has 0 bridgehead atoms. The molecule has 0 saturated heterocycles. The van der Waals surface area contributed by atoms with Crippen LogP contribution in [0.25, 0.3) is 0 Å². The van der Waals surface area contributed by atoms with E-state index >= 15 is 0 Å². The molecule has 3 fully saturated rings. The lowest BCUT2D eigenvalue weighted by Crippen LogP contribution is -2.51. The number of Topliss-reactive ketones (excluding diaryl/α,β-unsaturated/α-hetero) is 1. The molecule has 6 nitrogen and oxygen atoms in total. The Morgan fingerprint density at radius 1 is 1.03 bits per heavy atom. The smallest absolute Gasteiger partial charge is 0.331 e. The third-order valence-corrected chi connectivity index (χ3v) is 12.1. The van der Waals surface area contributed by atoms with Crippen molar-refractivity contribution in [2.75, 3.05) is 19.4 Å². The fourth-order valence-corrected chi connectivity index (χ4v) is 10.1.